The van der Waals surface area contributed by atoms with Gasteiger partial charge in [-0.15, -0.1) is 0 Å². The Morgan fingerprint density at radius 2 is 1.91 bits per heavy atom. The lowest BCUT2D eigenvalue weighted by atomic mass is 9.90. The molecule has 6 nitrogen and oxygen atoms in total. The summed E-state index contributed by atoms with van der Waals surface area (Å²) in [6.07, 6.45) is 5.33. The predicted octanol–water partition coefficient (Wildman–Crippen LogP) is 4.87. The second kappa shape index (κ2) is 9.12. The van der Waals surface area contributed by atoms with Crippen molar-refractivity contribution in [3.63, 3.8) is 0 Å². The number of amides is 1. The third-order valence-corrected chi connectivity index (χ3v) is 5.82. The van der Waals surface area contributed by atoms with Gasteiger partial charge in [-0.05, 0) is 53.1 Å². The first-order valence-electron chi connectivity index (χ1n) is 10.8. The Kier molecular flexibility index (Phi) is 5.72. The summed E-state index contributed by atoms with van der Waals surface area (Å²) in [4.78, 5) is 16.0. The number of H-pyrrole nitrogens is 1. The smallest absolute Gasteiger partial charge is 0.244 e. The molecule has 0 spiro atoms. The number of para-hydroxylation sites is 1. The molecule has 1 amide bonds. The van der Waals surface area contributed by atoms with E-state index in [0.29, 0.717) is 12.3 Å². The largest absolute Gasteiger partial charge is 0.497 e. The van der Waals surface area contributed by atoms with Gasteiger partial charge in [0.1, 0.15) is 5.75 Å². The van der Waals surface area contributed by atoms with E-state index in [1.807, 2.05) is 60.8 Å². The minimum Gasteiger partial charge on any atom is -0.497 e. The van der Waals surface area contributed by atoms with Gasteiger partial charge >= 0.3 is 0 Å². The summed E-state index contributed by atoms with van der Waals surface area (Å²) >= 11 is 0. The number of carbonyl (C=O) groups excluding carboxylic acids is 1. The highest BCUT2D eigenvalue weighted by Gasteiger charge is 2.19. The van der Waals surface area contributed by atoms with E-state index in [9.17, 15) is 4.79 Å². The van der Waals surface area contributed by atoms with E-state index in [1.54, 1.807) is 13.2 Å². The summed E-state index contributed by atoms with van der Waals surface area (Å²) in [5.74, 6) is 2.03. The molecule has 1 aliphatic rings. The molecule has 2 N–H and O–H groups in total. The van der Waals surface area contributed by atoms with Crippen molar-refractivity contribution in [2.24, 2.45) is 0 Å². The van der Waals surface area contributed by atoms with Crippen LogP contribution in [0.3, 0.4) is 0 Å². The number of nitrogens with one attached hydrogen (secondary N) is 2. The molecule has 2 heterocycles. The lowest BCUT2D eigenvalue weighted by Crippen LogP contribution is -2.27. The lowest BCUT2D eigenvalue weighted by molar-refractivity contribution is -0.116. The Labute approximate surface area is 191 Å². The molecular formula is C27H24N2O4. The van der Waals surface area contributed by atoms with Gasteiger partial charge in [-0.3, -0.25) is 4.79 Å². The molecule has 0 fully saturated rings. The van der Waals surface area contributed by atoms with Crippen LogP contribution in [0, 0.1) is 0 Å². The van der Waals surface area contributed by atoms with E-state index in [0.717, 1.165) is 39.1 Å². The average Bonchev–Trinajstić information content (AvgIpc) is 3.50. The van der Waals surface area contributed by atoms with Crippen LogP contribution in [0.2, 0.25) is 0 Å². The molecule has 166 valence electrons. The number of hydrogen-bond donors (Lipinski definition) is 2. The van der Waals surface area contributed by atoms with Gasteiger partial charge in [0.25, 0.3) is 0 Å². The van der Waals surface area contributed by atoms with Crippen LogP contribution < -0.4 is 19.5 Å². The van der Waals surface area contributed by atoms with Crippen molar-refractivity contribution in [1.29, 1.82) is 0 Å². The molecule has 4 aromatic rings. The van der Waals surface area contributed by atoms with Crippen molar-refractivity contribution in [1.82, 2.24) is 10.3 Å². The van der Waals surface area contributed by atoms with Crippen molar-refractivity contribution in [3.8, 4) is 17.2 Å². The van der Waals surface area contributed by atoms with E-state index in [-0.39, 0.29) is 18.6 Å². The van der Waals surface area contributed by atoms with Gasteiger partial charge in [-0.2, -0.15) is 0 Å². The van der Waals surface area contributed by atoms with Crippen molar-refractivity contribution in [2.75, 3.05) is 20.4 Å². The number of aromatic amines is 1. The molecule has 0 aliphatic carbocycles. The second-order valence-electron chi connectivity index (χ2n) is 7.81. The number of carbonyl (C=O) groups is 1. The summed E-state index contributed by atoms with van der Waals surface area (Å²) in [5, 5.41) is 4.20. The van der Waals surface area contributed by atoms with Crippen LogP contribution in [0.1, 0.15) is 22.6 Å². The summed E-state index contributed by atoms with van der Waals surface area (Å²) in [5.41, 5.74) is 4.18. The molecule has 0 saturated heterocycles. The van der Waals surface area contributed by atoms with E-state index in [4.69, 9.17) is 14.2 Å². The predicted molar refractivity (Wildman–Crippen MR) is 128 cm³/mol. The van der Waals surface area contributed by atoms with Crippen LogP contribution in [0.5, 0.6) is 17.2 Å². The number of methoxy groups -OCH3 is 1. The Balaban J connectivity index is 1.35. The zero-order valence-corrected chi connectivity index (χ0v) is 18.2. The van der Waals surface area contributed by atoms with Gasteiger partial charge < -0.3 is 24.5 Å². The van der Waals surface area contributed by atoms with Crippen LogP contribution in [-0.4, -0.2) is 31.3 Å². The van der Waals surface area contributed by atoms with Crippen LogP contribution in [0.4, 0.5) is 0 Å². The fraction of sp³-hybridized carbons (Fsp3) is 0.148. The summed E-state index contributed by atoms with van der Waals surface area (Å²) in [6, 6.07) is 21.7. The second-order valence-corrected chi connectivity index (χ2v) is 7.81. The summed E-state index contributed by atoms with van der Waals surface area (Å²) < 4.78 is 16.0. The monoisotopic (exact) mass is 440 g/mol. The summed E-state index contributed by atoms with van der Waals surface area (Å²) in [6.45, 7) is 0.683. The first-order valence-corrected chi connectivity index (χ1v) is 10.8. The first kappa shape index (κ1) is 20.7. The number of fused-ring (bicyclic) bond motifs is 2. The Morgan fingerprint density at radius 1 is 1.09 bits per heavy atom. The van der Waals surface area contributed by atoms with E-state index < -0.39 is 0 Å². The fourth-order valence-corrected chi connectivity index (χ4v) is 4.08. The third kappa shape index (κ3) is 4.41. The minimum atomic E-state index is -0.161. The van der Waals surface area contributed by atoms with Crippen LogP contribution in [-0.2, 0) is 4.79 Å². The summed E-state index contributed by atoms with van der Waals surface area (Å²) in [7, 11) is 1.65. The zero-order valence-electron chi connectivity index (χ0n) is 18.2. The van der Waals surface area contributed by atoms with Crippen molar-refractivity contribution < 1.29 is 19.0 Å². The van der Waals surface area contributed by atoms with Crippen LogP contribution in [0.15, 0.2) is 79.0 Å². The molecule has 0 radical (unpaired) electrons. The van der Waals surface area contributed by atoms with Crippen molar-refractivity contribution >= 4 is 22.9 Å². The van der Waals surface area contributed by atoms with Crippen LogP contribution in [0.25, 0.3) is 17.0 Å². The molecule has 1 aliphatic heterocycles. The molecule has 6 heteroatoms. The highest BCUT2D eigenvalue weighted by atomic mass is 16.7. The van der Waals surface area contributed by atoms with Crippen molar-refractivity contribution in [2.45, 2.75) is 5.92 Å². The molecule has 0 unspecified atom stereocenters. The molecule has 1 aromatic heterocycles. The standard InChI is InChI=1S/C27H24N2O4/c1-31-20-10-8-19(9-11-20)22(23-16-28-24-5-3-2-4-21(23)24)15-29-27(30)13-7-18-6-12-25-26(14-18)33-17-32-25/h2-14,16,22,28H,15,17H2,1H3,(H,29,30)/b13-7+/t22-/m1/s1. The number of ether oxygens (including phenoxy) is 3. The molecule has 33 heavy (non-hydrogen) atoms. The van der Waals surface area contributed by atoms with Gasteiger partial charge in [-0.25, -0.2) is 0 Å². The number of rotatable bonds is 7. The van der Waals surface area contributed by atoms with Gasteiger partial charge in [0.05, 0.1) is 7.11 Å². The molecule has 0 saturated carbocycles. The maximum absolute atomic E-state index is 12.6. The highest BCUT2D eigenvalue weighted by Crippen LogP contribution is 2.33. The molecular weight excluding hydrogens is 416 g/mol. The zero-order chi connectivity index (χ0) is 22.6. The molecule has 1 atom stereocenters. The molecule has 3 aromatic carbocycles. The normalized spacial score (nSPS) is 13.4. The number of hydrogen-bond acceptors (Lipinski definition) is 4. The topological polar surface area (TPSA) is 72.6 Å². The number of aromatic nitrogens is 1. The maximum Gasteiger partial charge on any atom is 0.244 e. The third-order valence-electron chi connectivity index (χ3n) is 5.82. The Bertz CT molecular complexity index is 1310. The van der Waals surface area contributed by atoms with E-state index in [2.05, 4.69) is 22.4 Å². The minimum absolute atomic E-state index is 0.0186. The molecule has 0 bridgehead atoms. The van der Waals surface area contributed by atoms with Gasteiger partial charge in [0.15, 0.2) is 11.5 Å². The SMILES string of the molecule is COc1ccc([C@@H](CNC(=O)/C=C/c2ccc3c(c2)OCO3)c2c[nH]c3ccccc23)cc1. The van der Waals surface area contributed by atoms with Crippen LogP contribution >= 0.6 is 0 Å². The Morgan fingerprint density at radius 3 is 2.76 bits per heavy atom. The lowest BCUT2D eigenvalue weighted by Gasteiger charge is -2.18. The number of benzene rings is 3. The maximum atomic E-state index is 12.6. The van der Waals surface area contributed by atoms with Crippen molar-refractivity contribution in [3.05, 3.63) is 95.7 Å². The van der Waals surface area contributed by atoms with Gasteiger partial charge in [-0.1, -0.05) is 36.4 Å². The molecule has 5 rings (SSSR count). The highest BCUT2D eigenvalue weighted by molar-refractivity contribution is 5.92. The average molecular weight is 440 g/mol. The van der Waals surface area contributed by atoms with Gasteiger partial charge in [0.2, 0.25) is 12.7 Å². The fourth-order valence-electron chi connectivity index (χ4n) is 4.08. The Hall–Kier alpha value is -4.19. The van der Waals surface area contributed by atoms with Gasteiger partial charge in [0, 0.05) is 35.6 Å². The van der Waals surface area contributed by atoms with E-state index >= 15 is 0 Å². The first-order chi connectivity index (χ1) is 16.2. The quantitative estimate of drug-likeness (QED) is 0.402. The van der Waals surface area contributed by atoms with E-state index in [1.165, 1.54) is 6.08 Å².